The summed E-state index contributed by atoms with van der Waals surface area (Å²) in [5, 5.41) is 0. The lowest BCUT2D eigenvalue weighted by atomic mass is 9.99. The maximum atomic E-state index is 13.4. The Morgan fingerprint density at radius 3 is 2.26 bits per heavy atom. The van der Waals surface area contributed by atoms with E-state index < -0.39 is 21.7 Å². The summed E-state index contributed by atoms with van der Waals surface area (Å²) in [5.74, 6) is -1.53. The minimum absolute atomic E-state index is 0.0822. The van der Waals surface area contributed by atoms with Gasteiger partial charge in [0.05, 0.1) is 11.4 Å². The topological polar surface area (TPSA) is 60.9 Å². The maximum Gasteiger partial charge on any atom is 0.243 e. The van der Waals surface area contributed by atoms with Crippen molar-refractivity contribution in [1.82, 2.24) is 14.1 Å². The summed E-state index contributed by atoms with van der Waals surface area (Å²) in [6, 6.07) is 2.59. The van der Waals surface area contributed by atoms with Crippen LogP contribution in [0.2, 0.25) is 0 Å². The Labute approximate surface area is 158 Å². The van der Waals surface area contributed by atoms with Crippen molar-refractivity contribution >= 4 is 15.9 Å². The number of rotatable bonds is 4. The normalized spacial score (nSPS) is 20.8. The smallest absolute Gasteiger partial charge is 0.243 e. The molecule has 27 heavy (non-hydrogen) atoms. The van der Waals surface area contributed by atoms with Crippen LogP contribution in [0.15, 0.2) is 23.1 Å². The zero-order chi connectivity index (χ0) is 19.6. The second-order valence-corrected chi connectivity index (χ2v) is 9.26. The Morgan fingerprint density at radius 2 is 1.67 bits per heavy atom. The highest BCUT2D eigenvalue weighted by atomic mass is 32.2. The molecule has 1 aromatic rings. The van der Waals surface area contributed by atoms with Crippen LogP contribution in [0.1, 0.15) is 19.8 Å². The average Bonchev–Trinajstić information content (AvgIpc) is 2.65. The number of halogens is 2. The molecule has 0 spiro atoms. The molecule has 0 bridgehead atoms. The quantitative estimate of drug-likeness (QED) is 0.768. The van der Waals surface area contributed by atoms with E-state index in [1.807, 2.05) is 9.80 Å². The second-order valence-electron chi connectivity index (χ2n) is 7.32. The third-order valence-corrected chi connectivity index (χ3v) is 7.25. The molecule has 1 aromatic carbocycles. The van der Waals surface area contributed by atoms with E-state index >= 15 is 0 Å². The SMILES string of the molecule is CC1CCN(C(=O)CN2CCN(S(=O)(=O)c3ccc(F)c(F)c3)CC2)CC1. The highest BCUT2D eigenvalue weighted by molar-refractivity contribution is 7.89. The number of sulfonamides is 1. The van der Waals surface area contributed by atoms with Crippen molar-refractivity contribution in [3.63, 3.8) is 0 Å². The fraction of sp³-hybridized carbons (Fsp3) is 0.611. The minimum Gasteiger partial charge on any atom is -0.342 e. The van der Waals surface area contributed by atoms with E-state index in [0.29, 0.717) is 25.1 Å². The molecule has 0 N–H and O–H groups in total. The van der Waals surface area contributed by atoms with Gasteiger partial charge in [-0.1, -0.05) is 6.92 Å². The van der Waals surface area contributed by atoms with Crippen molar-refractivity contribution in [1.29, 1.82) is 0 Å². The fourth-order valence-electron chi connectivity index (χ4n) is 3.46. The molecule has 0 unspecified atom stereocenters. The highest BCUT2D eigenvalue weighted by Gasteiger charge is 2.30. The zero-order valence-electron chi connectivity index (χ0n) is 15.4. The first-order valence-electron chi connectivity index (χ1n) is 9.22. The number of carbonyl (C=O) groups is 1. The second kappa shape index (κ2) is 8.20. The van der Waals surface area contributed by atoms with Gasteiger partial charge >= 0.3 is 0 Å². The largest absolute Gasteiger partial charge is 0.342 e. The lowest BCUT2D eigenvalue weighted by Crippen LogP contribution is -2.52. The molecule has 2 saturated heterocycles. The summed E-state index contributed by atoms with van der Waals surface area (Å²) < 4.78 is 52.9. The Bertz CT molecular complexity index is 787. The average molecular weight is 401 g/mol. The highest BCUT2D eigenvalue weighted by Crippen LogP contribution is 2.20. The Hall–Kier alpha value is -1.58. The van der Waals surface area contributed by atoms with Crippen LogP contribution in [0.3, 0.4) is 0 Å². The van der Waals surface area contributed by atoms with Gasteiger partial charge in [-0.2, -0.15) is 4.31 Å². The lowest BCUT2D eigenvalue weighted by Gasteiger charge is -2.36. The molecule has 2 aliphatic rings. The molecular weight excluding hydrogens is 376 g/mol. The van der Waals surface area contributed by atoms with Crippen LogP contribution in [-0.4, -0.2) is 74.2 Å². The molecule has 6 nitrogen and oxygen atoms in total. The molecule has 9 heteroatoms. The molecule has 0 radical (unpaired) electrons. The molecule has 0 aliphatic carbocycles. The summed E-state index contributed by atoms with van der Waals surface area (Å²) in [7, 11) is -3.88. The number of likely N-dealkylation sites (tertiary alicyclic amines) is 1. The Kier molecular flexibility index (Phi) is 6.12. The lowest BCUT2D eigenvalue weighted by molar-refractivity contribution is -0.134. The molecule has 150 valence electrons. The van der Waals surface area contributed by atoms with Gasteiger partial charge in [0.25, 0.3) is 0 Å². The Balaban J connectivity index is 1.55. The van der Waals surface area contributed by atoms with Gasteiger partial charge in [0, 0.05) is 39.3 Å². The van der Waals surface area contributed by atoms with Crippen molar-refractivity contribution in [3.05, 3.63) is 29.8 Å². The van der Waals surface area contributed by atoms with Crippen LogP contribution < -0.4 is 0 Å². The first-order chi connectivity index (χ1) is 12.8. The predicted octanol–water partition coefficient (Wildman–Crippen LogP) is 1.53. The minimum atomic E-state index is -3.88. The van der Waals surface area contributed by atoms with E-state index in [2.05, 4.69) is 6.92 Å². The van der Waals surface area contributed by atoms with Crippen LogP contribution in [-0.2, 0) is 14.8 Å². The fourth-order valence-corrected chi connectivity index (χ4v) is 4.90. The first kappa shape index (κ1) is 20.2. The summed E-state index contributed by atoms with van der Waals surface area (Å²) >= 11 is 0. The molecule has 0 saturated carbocycles. The number of piperazine rings is 1. The van der Waals surface area contributed by atoms with Gasteiger partial charge in [0.15, 0.2) is 11.6 Å². The van der Waals surface area contributed by atoms with Crippen LogP contribution in [0, 0.1) is 17.6 Å². The molecular formula is C18H25F2N3O3S. The van der Waals surface area contributed by atoms with Gasteiger partial charge in [-0.05, 0) is 37.0 Å². The third kappa shape index (κ3) is 4.64. The van der Waals surface area contributed by atoms with Crippen molar-refractivity contribution in [2.24, 2.45) is 5.92 Å². The van der Waals surface area contributed by atoms with Crippen molar-refractivity contribution in [3.8, 4) is 0 Å². The number of carbonyl (C=O) groups excluding carboxylic acids is 1. The molecule has 3 rings (SSSR count). The number of hydrogen-bond acceptors (Lipinski definition) is 4. The van der Waals surface area contributed by atoms with Crippen LogP contribution >= 0.6 is 0 Å². The molecule has 1 amide bonds. The van der Waals surface area contributed by atoms with Gasteiger partial charge in [0.1, 0.15) is 0 Å². The number of nitrogens with zero attached hydrogens (tertiary/aromatic N) is 3. The van der Waals surface area contributed by atoms with Gasteiger partial charge in [-0.25, -0.2) is 17.2 Å². The molecule has 2 aliphatic heterocycles. The summed E-state index contributed by atoms with van der Waals surface area (Å²) in [4.78, 5) is 16.0. The number of piperidine rings is 1. The van der Waals surface area contributed by atoms with Gasteiger partial charge in [-0.3, -0.25) is 9.69 Å². The number of benzene rings is 1. The first-order valence-corrected chi connectivity index (χ1v) is 10.7. The van der Waals surface area contributed by atoms with E-state index in [0.717, 1.165) is 38.1 Å². The van der Waals surface area contributed by atoms with Gasteiger partial charge in [0.2, 0.25) is 15.9 Å². The van der Waals surface area contributed by atoms with E-state index in [1.54, 1.807) is 0 Å². The summed E-state index contributed by atoms with van der Waals surface area (Å²) in [5.41, 5.74) is 0. The molecule has 2 fully saturated rings. The van der Waals surface area contributed by atoms with E-state index in [4.69, 9.17) is 0 Å². The standard InChI is InChI=1S/C18H25F2N3O3S/c1-14-4-6-22(7-5-14)18(24)13-21-8-10-23(11-9-21)27(25,26)15-2-3-16(19)17(20)12-15/h2-3,12,14H,4-11,13H2,1H3. The Morgan fingerprint density at radius 1 is 1.04 bits per heavy atom. The van der Waals surface area contributed by atoms with Gasteiger partial charge in [-0.15, -0.1) is 0 Å². The van der Waals surface area contributed by atoms with Gasteiger partial charge < -0.3 is 4.90 Å². The zero-order valence-corrected chi connectivity index (χ0v) is 16.2. The number of hydrogen-bond donors (Lipinski definition) is 0. The third-order valence-electron chi connectivity index (χ3n) is 5.36. The van der Waals surface area contributed by atoms with Crippen molar-refractivity contribution < 1.29 is 22.0 Å². The van der Waals surface area contributed by atoms with E-state index in [9.17, 15) is 22.0 Å². The van der Waals surface area contributed by atoms with Crippen molar-refractivity contribution in [2.45, 2.75) is 24.7 Å². The number of amides is 1. The van der Waals surface area contributed by atoms with E-state index in [1.165, 1.54) is 4.31 Å². The van der Waals surface area contributed by atoms with Crippen molar-refractivity contribution in [2.75, 3.05) is 45.8 Å². The predicted molar refractivity (Wildman–Crippen MR) is 96.5 cm³/mol. The molecule has 0 atom stereocenters. The van der Waals surface area contributed by atoms with Crippen LogP contribution in [0.25, 0.3) is 0 Å². The van der Waals surface area contributed by atoms with E-state index in [-0.39, 0.29) is 30.4 Å². The monoisotopic (exact) mass is 401 g/mol. The molecule has 2 heterocycles. The maximum absolute atomic E-state index is 13.4. The van der Waals surface area contributed by atoms with Crippen LogP contribution in [0.4, 0.5) is 8.78 Å². The summed E-state index contributed by atoms with van der Waals surface area (Å²) in [6.45, 7) is 5.33. The molecule has 0 aromatic heterocycles. The van der Waals surface area contributed by atoms with Crippen LogP contribution in [0.5, 0.6) is 0 Å². The summed E-state index contributed by atoms with van der Waals surface area (Å²) in [6.07, 6.45) is 2.04.